The Hall–Kier alpha value is -0.710. The normalized spacial score (nSPS) is 12.6. The number of hydrogen-bond acceptors (Lipinski definition) is 3. The fraction of sp³-hybridized carbons (Fsp3) is 0.308. The maximum Gasteiger partial charge on any atom is 0.0937 e. The zero-order valence-electron chi connectivity index (χ0n) is 9.69. The summed E-state index contributed by atoms with van der Waals surface area (Å²) in [6.45, 7) is 3.14. The molecule has 2 rings (SSSR count). The van der Waals surface area contributed by atoms with Crippen LogP contribution in [-0.4, -0.2) is 11.5 Å². The molecule has 0 aliphatic carbocycles. The van der Waals surface area contributed by atoms with Gasteiger partial charge < -0.3 is 5.32 Å². The molecule has 1 unspecified atom stereocenters. The van der Waals surface area contributed by atoms with Gasteiger partial charge >= 0.3 is 0 Å². The van der Waals surface area contributed by atoms with Gasteiger partial charge in [0, 0.05) is 35.1 Å². The summed E-state index contributed by atoms with van der Waals surface area (Å²) in [6, 6.07) is 8.78. The number of hydrogen-bond donors (Lipinski definition) is 1. The number of nitrogens with one attached hydrogen (secondary N) is 1. The van der Waals surface area contributed by atoms with E-state index in [2.05, 4.69) is 51.4 Å². The standard InChI is InChI=1S/C13H15BrN2S/c1-10(11-3-2-4-12(14)9-11)15-6-5-13-16-7-8-17-13/h2-4,7-10,15H,5-6H2,1H3. The minimum atomic E-state index is 0.368. The number of rotatable bonds is 5. The van der Waals surface area contributed by atoms with E-state index in [-0.39, 0.29) is 0 Å². The summed E-state index contributed by atoms with van der Waals surface area (Å²) < 4.78 is 1.13. The van der Waals surface area contributed by atoms with Gasteiger partial charge in [0.2, 0.25) is 0 Å². The Morgan fingerprint density at radius 1 is 1.47 bits per heavy atom. The molecule has 0 saturated carbocycles. The Kier molecular flexibility index (Phi) is 4.71. The van der Waals surface area contributed by atoms with Crippen molar-refractivity contribution >= 4 is 27.3 Å². The second-order valence-corrected chi connectivity index (χ2v) is 5.80. The lowest BCUT2D eigenvalue weighted by Crippen LogP contribution is -2.21. The minimum absolute atomic E-state index is 0.368. The summed E-state index contributed by atoms with van der Waals surface area (Å²) in [5.74, 6) is 0. The molecule has 4 heteroatoms. The fourth-order valence-electron chi connectivity index (χ4n) is 1.67. The first-order valence-corrected chi connectivity index (χ1v) is 7.30. The number of halogens is 1. The maximum atomic E-state index is 4.27. The summed E-state index contributed by atoms with van der Waals surface area (Å²) >= 11 is 5.21. The van der Waals surface area contributed by atoms with E-state index in [1.165, 1.54) is 10.6 Å². The van der Waals surface area contributed by atoms with Gasteiger partial charge in [-0.2, -0.15) is 0 Å². The van der Waals surface area contributed by atoms with E-state index in [1.54, 1.807) is 11.3 Å². The largest absolute Gasteiger partial charge is 0.310 e. The van der Waals surface area contributed by atoms with Crippen molar-refractivity contribution in [2.24, 2.45) is 0 Å². The topological polar surface area (TPSA) is 24.9 Å². The summed E-state index contributed by atoms with van der Waals surface area (Å²) in [7, 11) is 0. The van der Waals surface area contributed by atoms with Crippen molar-refractivity contribution in [3.63, 3.8) is 0 Å². The second-order valence-electron chi connectivity index (χ2n) is 3.91. The second kappa shape index (κ2) is 6.28. The van der Waals surface area contributed by atoms with Crippen LogP contribution in [0, 0.1) is 0 Å². The van der Waals surface area contributed by atoms with Crippen LogP contribution in [0.5, 0.6) is 0 Å². The molecule has 1 aromatic carbocycles. The van der Waals surface area contributed by atoms with E-state index in [9.17, 15) is 0 Å². The fourth-order valence-corrected chi connectivity index (χ4v) is 2.70. The van der Waals surface area contributed by atoms with Crippen molar-refractivity contribution in [2.45, 2.75) is 19.4 Å². The van der Waals surface area contributed by atoms with Crippen molar-refractivity contribution in [3.8, 4) is 0 Å². The van der Waals surface area contributed by atoms with Crippen LogP contribution in [0.15, 0.2) is 40.3 Å². The predicted octanol–water partition coefficient (Wildman–Crippen LogP) is 3.80. The average molecular weight is 311 g/mol. The molecule has 1 atom stereocenters. The minimum Gasteiger partial charge on any atom is -0.310 e. The first-order chi connectivity index (χ1) is 8.25. The molecule has 0 amide bonds. The van der Waals surface area contributed by atoms with Crippen molar-refractivity contribution in [2.75, 3.05) is 6.54 Å². The highest BCUT2D eigenvalue weighted by molar-refractivity contribution is 9.10. The lowest BCUT2D eigenvalue weighted by molar-refractivity contribution is 0.576. The third-order valence-corrected chi connectivity index (χ3v) is 3.95. The van der Waals surface area contributed by atoms with Crippen molar-refractivity contribution < 1.29 is 0 Å². The molecule has 0 spiro atoms. The molecule has 0 saturated heterocycles. The molecule has 17 heavy (non-hydrogen) atoms. The van der Waals surface area contributed by atoms with E-state index < -0.39 is 0 Å². The van der Waals surface area contributed by atoms with Crippen molar-refractivity contribution in [3.05, 3.63) is 50.9 Å². The van der Waals surface area contributed by atoms with Gasteiger partial charge in [-0.3, -0.25) is 0 Å². The highest BCUT2D eigenvalue weighted by Crippen LogP contribution is 2.17. The van der Waals surface area contributed by atoms with E-state index in [0.29, 0.717) is 6.04 Å². The van der Waals surface area contributed by atoms with Gasteiger partial charge in [-0.15, -0.1) is 11.3 Å². The number of benzene rings is 1. The molecule has 90 valence electrons. The van der Waals surface area contributed by atoms with E-state index in [0.717, 1.165) is 17.4 Å². The van der Waals surface area contributed by atoms with Crippen LogP contribution < -0.4 is 5.32 Å². The first kappa shape index (κ1) is 12.7. The van der Waals surface area contributed by atoms with Crippen molar-refractivity contribution in [1.29, 1.82) is 0 Å². The molecule has 0 fully saturated rings. The number of thiazole rings is 1. The van der Waals surface area contributed by atoms with Crippen LogP contribution in [0.4, 0.5) is 0 Å². The van der Waals surface area contributed by atoms with Gasteiger partial charge in [-0.25, -0.2) is 4.98 Å². The Bertz CT molecular complexity index is 456. The highest BCUT2D eigenvalue weighted by atomic mass is 79.9. The SMILES string of the molecule is CC(NCCc1nccs1)c1cccc(Br)c1. The monoisotopic (exact) mass is 310 g/mol. The van der Waals surface area contributed by atoms with Crippen LogP contribution in [0.1, 0.15) is 23.5 Å². The van der Waals surface area contributed by atoms with Gasteiger partial charge in [-0.05, 0) is 24.6 Å². The van der Waals surface area contributed by atoms with Crippen molar-refractivity contribution in [1.82, 2.24) is 10.3 Å². The van der Waals surface area contributed by atoms with Gasteiger partial charge in [0.25, 0.3) is 0 Å². The zero-order chi connectivity index (χ0) is 12.1. The Morgan fingerprint density at radius 3 is 3.06 bits per heavy atom. The van der Waals surface area contributed by atoms with Crippen LogP contribution in [0.3, 0.4) is 0 Å². The van der Waals surface area contributed by atoms with Crippen LogP contribution >= 0.6 is 27.3 Å². The van der Waals surface area contributed by atoms with E-state index >= 15 is 0 Å². The lowest BCUT2D eigenvalue weighted by Gasteiger charge is -2.13. The molecule has 1 heterocycles. The van der Waals surface area contributed by atoms with Crippen LogP contribution in [0.25, 0.3) is 0 Å². The highest BCUT2D eigenvalue weighted by Gasteiger charge is 2.05. The average Bonchev–Trinajstić information content (AvgIpc) is 2.82. The molecule has 1 N–H and O–H groups in total. The summed E-state index contributed by atoms with van der Waals surface area (Å²) in [6.07, 6.45) is 2.85. The van der Waals surface area contributed by atoms with E-state index in [4.69, 9.17) is 0 Å². The maximum absolute atomic E-state index is 4.27. The third kappa shape index (κ3) is 3.91. The summed E-state index contributed by atoms with van der Waals surface area (Å²) in [5.41, 5.74) is 1.30. The lowest BCUT2D eigenvalue weighted by atomic mass is 10.1. The third-order valence-electron chi connectivity index (χ3n) is 2.62. The van der Waals surface area contributed by atoms with Crippen LogP contribution in [0.2, 0.25) is 0 Å². The molecule has 2 nitrogen and oxygen atoms in total. The first-order valence-electron chi connectivity index (χ1n) is 5.63. The van der Waals surface area contributed by atoms with Gasteiger partial charge in [-0.1, -0.05) is 28.1 Å². The van der Waals surface area contributed by atoms with Gasteiger partial charge in [0.05, 0.1) is 5.01 Å². The van der Waals surface area contributed by atoms with Gasteiger partial charge in [0.1, 0.15) is 0 Å². The number of aromatic nitrogens is 1. The van der Waals surface area contributed by atoms with E-state index in [1.807, 2.05) is 17.6 Å². The predicted molar refractivity (Wildman–Crippen MR) is 76.4 cm³/mol. The molecule has 2 aromatic rings. The zero-order valence-corrected chi connectivity index (χ0v) is 12.1. The molecular weight excluding hydrogens is 296 g/mol. The Morgan fingerprint density at radius 2 is 2.35 bits per heavy atom. The van der Waals surface area contributed by atoms with Gasteiger partial charge in [0.15, 0.2) is 0 Å². The molecule has 0 aliphatic heterocycles. The quantitative estimate of drug-likeness (QED) is 0.908. The van der Waals surface area contributed by atoms with Crippen LogP contribution in [-0.2, 0) is 6.42 Å². The summed E-state index contributed by atoms with van der Waals surface area (Å²) in [4.78, 5) is 4.27. The molecule has 0 radical (unpaired) electrons. The Labute approximate surface area is 114 Å². The molecule has 0 bridgehead atoms. The summed E-state index contributed by atoms with van der Waals surface area (Å²) in [5, 5.41) is 6.72. The smallest absolute Gasteiger partial charge is 0.0937 e. The molecular formula is C13H15BrN2S. The molecule has 1 aromatic heterocycles. The molecule has 0 aliphatic rings. The Balaban J connectivity index is 1.83. The number of nitrogens with zero attached hydrogens (tertiary/aromatic N) is 1.